The SMILES string of the molecule is Fc1ccc(N(c2ccccc2)c2ccc3cc4c(cc3c2)C2(c3ccccc3-c3ccccc32)c2c-4ccc3ccccc23)cc1. The van der Waals surface area contributed by atoms with E-state index in [-0.39, 0.29) is 5.82 Å². The zero-order valence-electron chi connectivity index (χ0n) is 25.5. The zero-order valence-corrected chi connectivity index (χ0v) is 25.5. The van der Waals surface area contributed by atoms with Crippen molar-refractivity contribution in [2.24, 2.45) is 0 Å². The average Bonchev–Trinajstić information content (AvgIpc) is 3.59. The number of para-hydroxylation sites is 1. The van der Waals surface area contributed by atoms with Crippen molar-refractivity contribution in [1.82, 2.24) is 0 Å². The zero-order chi connectivity index (χ0) is 31.1. The van der Waals surface area contributed by atoms with Crippen molar-refractivity contribution in [3.63, 3.8) is 0 Å². The molecule has 0 amide bonds. The number of hydrogen-bond donors (Lipinski definition) is 0. The van der Waals surface area contributed by atoms with Crippen molar-refractivity contribution in [2.45, 2.75) is 5.41 Å². The minimum absolute atomic E-state index is 0.245. The van der Waals surface area contributed by atoms with E-state index in [1.807, 2.05) is 30.3 Å². The monoisotopic (exact) mass is 601 g/mol. The summed E-state index contributed by atoms with van der Waals surface area (Å²) < 4.78 is 14.0. The summed E-state index contributed by atoms with van der Waals surface area (Å²) in [5.41, 5.74) is 13.1. The highest BCUT2D eigenvalue weighted by atomic mass is 19.1. The number of hydrogen-bond acceptors (Lipinski definition) is 1. The molecule has 1 nitrogen and oxygen atoms in total. The molecular formula is C45H28FN. The third-order valence-corrected chi connectivity index (χ3v) is 10.3. The molecule has 220 valence electrons. The molecule has 0 N–H and O–H groups in total. The highest BCUT2D eigenvalue weighted by Crippen LogP contribution is 2.64. The Morgan fingerprint density at radius 3 is 1.77 bits per heavy atom. The first-order valence-corrected chi connectivity index (χ1v) is 16.1. The minimum atomic E-state index is -0.445. The lowest BCUT2D eigenvalue weighted by Crippen LogP contribution is -2.26. The van der Waals surface area contributed by atoms with Gasteiger partial charge in [-0.05, 0) is 127 Å². The molecule has 2 aliphatic carbocycles. The summed E-state index contributed by atoms with van der Waals surface area (Å²) in [7, 11) is 0. The second-order valence-corrected chi connectivity index (χ2v) is 12.6. The van der Waals surface area contributed by atoms with E-state index in [1.54, 1.807) is 0 Å². The van der Waals surface area contributed by atoms with Crippen LogP contribution in [0.3, 0.4) is 0 Å². The summed E-state index contributed by atoms with van der Waals surface area (Å²) in [6.07, 6.45) is 0. The summed E-state index contributed by atoms with van der Waals surface area (Å²) in [4.78, 5) is 2.20. The maximum absolute atomic E-state index is 14.0. The highest BCUT2D eigenvalue weighted by Gasteiger charge is 2.52. The van der Waals surface area contributed by atoms with Gasteiger partial charge in [0.2, 0.25) is 0 Å². The lowest BCUT2D eigenvalue weighted by atomic mass is 9.69. The van der Waals surface area contributed by atoms with Gasteiger partial charge in [0.15, 0.2) is 0 Å². The van der Waals surface area contributed by atoms with E-state index in [1.165, 1.54) is 78.2 Å². The molecule has 10 rings (SSSR count). The minimum Gasteiger partial charge on any atom is -0.310 e. The second kappa shape index (κ2) is 9.75. The van der Waals surface area contributed by atoms with Gasteiger partial charge in [0.25, 0.3) is 0 Å². The Hall–Kier alpha value is -5.99. The molecule has 8 aromatic carbocycles. The van der Waals surface area contributed by atoms with Gasteiger partial charge in [-0.15, -0.1) is 0 Å². The van der Waals surface area contributed by atoms with Gasteiger partial charge in [0.05, 0.1) is 5.41 Å². The molecular weight excluding hydrogens is 574 g/mol. The van der Waals surface area contributed by atoms with Gasteiger partial charge in [-0.25, -0.2) is 4.39 Å². The van der Waals surface area contributed by atoms with Gasteiger partial charge in [0, 0.05) is 17.1 Å². The van der Waals surface area contributed by atoms with Crippen LogP contribution in [0.15, 0.2) is 170 Å². The van der Waals surface area contributed by atoms with Crippen LogP contribution in [0.1, 0.15) is 22.3 Å². The predicted molar refractivity (Wildman–Crippen MR) is 192 cm³/mol. The van der Waals surface area contributed by atoms with Gasteiger partial charge in [-0.3, -0.25) is 0 Å². The van der Waals surface area contributed by atoms with E-state index < -0.39 is 5.41 Å². The summed E-state index contributed by atoms with van der Waals surface area (Å²) in [6.45, 7) is 0. The topological polar surface area (TPSA) is 3.24 Å². The van der Waals surface area contributed by atoms with Crippen molar-refractivity contribution in [3.8, 4) is 22.3 Å². The molecule has 0 radical (unpaired) electrons. The van der Waals surface area contributed by atoms with Crippen LogP contribution >= 0.6 is 0 Å². The first-order chi connectivity index (χ1) is 23.2. The number of nitrogens with zero attached hydrogens (tertiary/aromatic N) is 1. The van der Waals surface area contributed by atoms with E-state index in [0.29, 0.717) is 0 Å². The third-order valence-electron chi connectivity index (χ3n) is 10.3. The maximum atomic E-state index is 14.0. The molecule has 0 aliphatic heterocycles. The molecule has 0 saturated carbocycles. The van der Waals surface area contributed by atoms with Gasteiger partial charge < -0.3 is 4.90 Å². The molecule has 2 aliphatic rings. The van der Waals surface area contributed by atoms with Crippen molar-refractivity contribution in [1.29, 1.82) is 0 Å². The molecule has 1 spiro atoms. The normalized spacial score (nSPS) is 13.4. The van der Waals surface area contributed by atoms with Gasteiger partial charge in [-0.2, -0.15) is 0 Å². The first-order valence-electron chi connectivity index (χ1n) is 16.1. The third kappa shape index (κ3) is 3.58. The molecule has 0 aromatic heterocycles. The van der Waals surface area contributed by atoms with Crippen LogP contribution in [-0.4, -0.2) is 0 Å². The van der Waals surface area contributed by atoms with Gasteiger partial charge in [0.1, 0.15) is 5.82 Å². The molecule has 0 saturated heterocycles. The Morgan fingerprint density at radius 1 is 0.383 bits per heavy atom. The van der Waals surface area contributed by atoms with Crippen LogP contribution < -0.4 is 4.90 Å². The summed E-state index contributed by atoms with van der Waals surface area (Å²) >= 11 is 0. The summed E-state index contributed by atoms with van der Waals surface area (Å²) in [6, 6.07) is 59.9. The number of rotatable bonds is 3. The Balaban J connectivity index is 1.29. The quantitative estimate of drug-likeness (QED) is 0.195. The fourth-order valence-electron chi connectivity index (χ4n) is 8.40. The molecule has 0 heterocycles. The fraction of sp³-hybridized carbons (Fsp3) is 0.0222. The molecule has 0 bridgehead atoms. The van der Waals surface area contributed by atoms with E-state index in [9.17, 15) is 4.39 Å². The van der Waals surface area contributed by atoms with E-state index in [4.69, 9.17) is 0 Å². The number of anilines is 3. The van der Waals surface area contributed by atoms with E-state index in [2.05, 4.69) is 132 Å². The Kier molecular flexibility index (Phi) is 5.45. The standard InChI is InChI=1S/C45H28FN/c46-32-20-23-34(24-21-32)47(33-11-2-1-3-12-33)35-22-18-30-27-40-39-25-19-29-10-4-5-13-36(29)44(39)45(43(40)28-31(30)26-35)41-16-8-6-14-37(41)38-15-7-9-17-42(38)45/h1-28H. The van der Waals surface area contributed by atoms with Crippen LogP contribution in [0.5, 0.6) is 0 Å². The van der Waals surface area contributed by atoms with Crippen LogP contribution in [0, 0.1) is 5.82 Å². The van der Waals surface area contributed by atoms with Crippen molar-refractivity contribution in [3.05, 3.63) is 198 Å². The molecule has 0 unspecified atom stereocenters. The number of benzene rings is 8. The number of halogens is 1. The van der Waals surface area contributed by atoms with E-state index >= 15 is 0 Å². The van der Waals surface area contributed by atoms with Gasteiger partial charge in [-0.1, -0.05) is 109 Å². The summed E-state index contributed by atoms with van der Waals surface area (Å²) in [5.74, 6) is -0.245. The lowest BCUT2D eigenvalue weighted by molar-refractivity contribution is 0.628. The maximum Gasteiger partial charge on any atom is 0.123 e. The van der Waals surface area contributed by atoms with Crippen LogP contribution in [0.4, 0.5) is 21.5 Å². The second-order valence-electron chi connectivity index (χ2n) is 12.6. The van der Waals surface area contributed by atoms with Crippen LogP contribution in [-0.2, 0) is 5.41 Å². The van der Waals surface area contributed by atoms with Crippen molar-refractivity contribution < 1.29 is 4.39 Å². The lowest BCUT2D eigenvalue weighted by Gasteiger charge is -2.31. The Morgan fingerprint density at radius 2 is 1.00 bits per heavy atom. The Labute approximate surface area is 272 Å². The molecule has 0 atom stereocenters. The molecule has 2 heteroatoms. The summed E-state index contributed by atoms with van der Waals surface area (Å²) in [5, 5.41) is 4.91. The molecule has 8 aromatic rings. The highest BCUT2D eigenvalue weighted by molar-refractivity contribution is 6.06. The van der Waals surface area contributed by atoms with Gasteiger partial charge >= 0.3 is 0 Å². The first kappa shape index (κ1) is 26.2. The molecule has 47 heavy (non-hydrogen) atoms. The fourth-order valence-corrected chi connectivity index (χ4v) is 8.40. The Bertz CT molecular complexity index is 2490. The number of fused-ring (bicyclic) bond motifs is 13. The largest absolute Gasteiger partial charge is 0.310 e. The predicted octanol–water partition coefficient (Wildman–Crippen LogP) is 11.9. The average molecular weight is 602 g/mol. The molecule has 0 fully saturated rings. The van der Waals surface area contributed by atoms with E-state index in [0.717, 1.165) is 17.1 Å². The van der Waals surface area contributed by atoms with Crippen LogP contribution in [0.2, 0.25) is 0 Å². The smallest absolute Gasteiger partial charge is 0.123 e. The van der Waals surface area contributed by atoms with Crippen molar-refractivity contribution >= 4 is 38.6 Å². The van der Waals surface area contributed by atoms with Crippen LogP contribution in [0.25, 0.3) is 43.8 Å². The van der Waals surface area contributed by atoms with Crippen molar-refractivity contribution in [2.75, 3.05) is 4.90 Å².